The van der Waals surface area contributed by atoms with Crippen LogP contribution in [0.1, 0.15) is 25.7 Å². The second kappa shape index (κ2) is 3.36. The predicted molar refractivity (Wildman–Crippen MR) is 46.8 cm³/mol. The third-order valence-electron chi connectivity index (χ3n) is 2.45. The summed E-state index contributed by atoms with van der Waals surface area (Å²) in [4.78, 5) is 14.6. The van der Waals surface area contributed by atoms with E-state index in [9.17, 15) is 4.79 Å². The standard InChI is InChI=1S/C9H13NO3/c11-9(12)4-3-8-10-7(5-13-8)6-1-2-6/h6-7H,1-5H2,(H,11,12). The van der Waals surface area contributed by atoms with Crippen molar-refractivity contribution in [2.24, 2.45) is 10.9 Å². The van der Waals surface area contributed by atoms with E-state index >= 15 is 0 Å². The van der Waals surface area contributed by atoms with Gasteiger partial charge < -0.3 is 9.84 Å². The van der Waals surface area contributed by atoms with Gasteiger partial charge in [0, 0.05) is 6.42 Å². The first kappa shape index (κ1) is 8.53. The number of nitrogens with zero attached hydrogens (tertiary/aromatic N) is 1. The molecule has 1 atom stereocenters. The van der Waals surface area contributed by atoms with Gasteiger partial charge in [0.25, 0.3) is 0 Å². The molecule has 0 aromatic rings. The molecule has 1 saturated carbocycles. The van der Waals surface area contributed by atoms with Crippen LogP contribution in [0.4, 0.5) is 0 Å². The maximum atomic E-state index is 10.3. The third-order valence-corrected chi connectivity index (χ3v) is 2.45. The van der Waals surface area contributed by atoms with Crippen LogP contribution in [0.15, 0.2) is 4.99 Å². The molecule has 0 aromatic carbocycles. The third kappa shape index (κ3) is 2.20. The molecule has 72 valence electrons. The highest BCUT2D eigenvalue weighted by atomic mass is 16.5. The summed E-state index contributed by atoms with van der Waals surface area (Å²) in [7, 11) is 0. The van der Waals surface area contributed by atoms with Crippen molar-refractivity contribution in [3.63, 3.8) is 0 Å². The molecule has 1 N–H and O–H groups in total. The van der Waals surface area contributed by atoms with E-state index in [1.807, 2.05) is 0 Å². The van der Waals surface area contributed by atoms with E-state index in [4.69, 9.17) is 9.84 Å². The zero-order valence-electron chi connectivity index (χ0n) is 7.40. The van der Waals surface area contributed by atoms with Gasteiger partial charge in [-0.15, -0.1) is 0 Å². The van der Waals surface area contributed by atoms with Gasteiger partial charge in [-0.05, 0) is 18.8 Å². The molecule has 13 heavy (non-hydrogen) atoms. The quantitative estimate of drug-likeness (QED) is 0.708. The summed E-state index contributed by atoms with van der Waals surface area (Å²) in [5.41, 5.74) is 0. The van der Waals surface area contributed by atoms with Crippen LogP contribution in [0.2, 0.25) is 0 Å². The van der Waals surface area contributed by atoms with Crippen molar-refractivity contribution in [1.82, 2.24) is 0 Å². The van der Waals surface area contributed by atoms with Crippen LogP contribution < -0.4 is 0 Å². The van der Waals surface area contributed by atoms with Gasteiger partial charge in [0.2, 0.25) is 0 Å². The number of rotatable bonds is 4. The molecule has 0 bridgehead atoms. The number of carboxylic acid groups (broad SMARTS) is 1. The number of carboxylic acids is 1. The minimum atomic E-state index is -0.791. The zero-order valence-corrected chi connectivity index (χ0v) is 7.40. The second-order valence-corrected chi connectivity index (χ2v) is 3.63. The smallest absolute Gasteiger partial charge is 0.303 e. The molecule has 1 unspecified atom stereocenters. The largest absolute Gasteiger partial charge is 0.481 e. The summed E-state index contributed by atoms with van der Waals surface area (Å²) < 4.78 is 5.30. The Kier molecular flexibility index (Phi) is 2.20. The number of carbonyl (C=O) groups is 1. The van der Waals surface area contributed by atoms with Crippen molar-refractivity contribution in [2.75, 3.05) is 6.61 Å². The normalized spacial score (nSPS) is 26.8. The number of aliphatic carboxylic acids is 1. The molecular formula is C9H13NO3. The molecule has 4 heteroatoms. The summed E-state index contributed by atoms with van der Waals surface area (Å²) in [5.74, 6) is 0.558. The van der Waals surface area contributed by atoms with Gasteiger partial charge in [0.1, 0.15) is 6.61 Å². The van der Waals surface area contributed by atoms with Crippen molar-refractivity contribution < 1.29 is 14.6 Å². The molecule has 1 heterocycles. The van der Waals surface area contributed by atoms with E-state index in [2.05, 4.69) is 4.99 Å². The molecule has 0 radical (unpaired) electrons. The minimum Gasteiger partial charge on any atom is -0.481 e. The van der Waals surface area contributed by atoms with Crippen LogP contribution in [0.3, 0.4) is 0 Å². The Morgan fingerprint density at radius 1 is 1.62 bits per heavy atom. The van der Waals surface area contributed by atoms with Crippen molar-refractivity contribution in [3.05, 3.63) is 0 Å². The summed E-state index contributed by atoms with van der Waals surface area (Å²) >= 11 is 0. The van der Waals surface area contributed by atoms with Gasteiger partial charge >= 0.3 is 5.97 Å². The van der Waals surface area contributed by atoms with E-state index in [-0.39, 0.29) is 6.42 Å². The monoisotopic (exact) mass is 183 g/mol. The highest BCUT2D eigenvalue weighted by Crippen LogP contribution is 2.36. The van der Waals surface area contributed by atoms with Crippen LogP contribution in [0.5, 0.6) is 0 Å². The molecule has 0 spiro atoms. The lowest BCUT2D eigenvalue weighted by molar-refractivity contribution is -0.136. The van der Waals surface area contributed by atoms with E-state index in [1.54, 1.807) is 0 Å². The van der Waals surface area contributed by atoms with Gasteiger partial charge in [0.15, 0.2) is 5.90 Å². The Morgan fingerprint density at radius 2 is 2.38 bits per heavy atom. The van der Waals surface area contributed by atoms with E-state index in [0.717, 1.165) is 0 Å². The first-order valence-electron chi connectivity index (χ1n) is 4.67. The average Bonchev–Trinajstić information content (AvgIpc) is 2.83. The highest BCUT2D eigenvalue weighted by molar-refractivity contribution is 5.81. The number of hydrogen-bond donors (Lipinski definition) is 1. The lowest BCUT2D eigenvalue weighted by Crippen LogP contribution is -2.08. The maximum absolute atomic E-state index is 10.3. The van der Waals surface area contributed by atoms with Crippen molar-refractivity contribution >= 4 is 11.9 Å². The summed E-state index contributed by atoms with van der Waals surface area (Å²) in [6, 6.07) is 0.323. The minimum absolute atomic E-state index is 0.121. The zero-order chi connectivity index (χ0) is 9.26. The molecular weight excluding hydrogens is 170 g/mol. The molecule has 0 aromatic heterocycles. The van der Waals surface area contributed by atoms with E-state index in [1.165, 1.54) is 12.8 Å². The van der Waals surface area contributed by atoms with Gasteiger partial charge in [-0.3, -0.25) is 4.79 Å². The first-order chi connectivity index (χ1) is 6.25. The van der Waals surface area contributed by atoms with Gasteiger partial charge in [-0.2, -0.15) is 0 Å². The second-order valence-electron chi connectivity index (χ2n) is 3.63. The topological polar surface area (TPSA) is 58.9 Å². The number of hydrogen-bond acceptors (Lipinski definition) is 3. The van der Waals surface area contributed by atoms with E-state index in [0.29, 0.717) is 30.9 Å². The Labute approximate surface area is 76.6 Å². The lowest BCUT2D eigenvalue weighted by atomic mass is 10.2. The molecule has 0 saturated heterocycles. The molecule has 4 nitrogen and oxygen atoms in total. The molecule has 2 aliphatic rings. The number of ether oxygens (including phenoxy) is 1. The van der Waals surface area contributed by atoms with E-state index < -0.39 is 5.97 Å². The highest BCUT2D eigenvalue weighted by Gasteiger charge is 2.34. The first-order valence-corrected chi connectivity index (χ1v) is 4.67. The van der Waals surface area contributed by atoms with Crippen LogP contribution in [-0.4, -0.2) is 29.6 Å². The Hall–Kier alpha value is -1.06. The van der Waals surface area contributed by atoms with Gasteiger partial charge in [-0.25, -0.2) is 4.99 Å². The Balaban J connectivity index is 1.79. The fourth-order valence-corrected chi connectivity index (χ4v) is 1.51. The summed E-state index contributed by atoms with van der Waals surface area (Å²) in [6.07, 6.45) is 3.07. The van der Waals surface area contributed by atoms with Crippen LogP contribution in [0, 0.1) is 5.92 Å². The Bertz CT molecular complexity index is 245. The van der Waals surface area contributed by atoms with Crippen LogP contribution in [0.25, 0.3) is 0 Å². The van der Waals surface area contributed by atoms with Crippen LogP contribution in [-0.2, 0) is 9.53 Å². The molecule has 1 aliphatic heterocycles. The fraction of sp³-hybridized carbons (Fsp3) is 0.778. The maximum Gasteiger partial charge on any atom is 0.303 e. The average molecular weight is 183 g/mol. The van der Waals surface area contributed by atoms with Gasteiger partial charge in [-0.1, -0.05) is 0 Å². The summed E-state index contributed by atoms with van der Waals surface area (Å²) in [5, 5.41) is 8.45. The summed E-state index contributed by atoms with van der Waals surface area (Å²) in [6.45, 7) is 0.666. The Morgan fingerprint density at radius 3 is 3.00 bits per heavy atom. The molecule has 0 amide bonds. The van der Waals surface area contributed by atoms with Crippen LogP contribution >= 0.6 is 0 Å². The molecule has 2 rings (SSSR count). The molecule has 1 fully saturated rings. The predicted octanol–water partition coefficient (Wildman–Crippen LogP) is 1.06. The fourth-order valence-electron chi connectivity index (χ4n) is 1.51. The lowest BCUT2D eigenvalue weighted by Gasteiger charge is -1.98. The van der Waals surface area contributed by atoms with Gasteiger partial charge in [0.05, 0.1) is 12.5 Å². The number of aliphatic imine (C=N–C) groups is 1. The van der Waals surface area contributed by atoms with Crippen molar-refractivity contribution in [3.8, 4) is 0 Å². The van der Waals surface area contributed by atoms with Crippen molar-refractivity contribution in [1.29, 1.82) is 0 Å². The molecule has 1 aliphatic carbocycles. The van der Waals surface area contributed by atoms with Crippen molar-refractivity contribution in [2.45, 2.75) is 31.7 Å². The SMILES string of the molecule is O=C(O)CCC1=NC(C2CC2)CO1.